The van der Waals surface area contributed by atoms with Crippen LogP contribution in [0.3, 0.4) is 0 Å². The molecule has 3 heteroatoms. The van der Waals surface area contributed by atoms with Crippen molar-refractivity contribution in [3.8, 4) is 0 Å². The number of fused-ring (bicyclic) bond motifs is 1. The molecule has 1 aliphatic heterocycles. The van der Waals surface area contributed by atoms with Crippen LogP contribution in [0.5, 0.6) is 0 Å². The maximum Gasteiger partial charge on any atom is 0.137 e. The molecule has 0 amide bonds. The lowest BCUT2D eigenvalue weighted by Crippen LogP contribution is -2.09. The quantitative estimate of drug-likeness (QED) is 0.711. The minimum atomic E-state index is 0.585. The molecule has 1 aliphatic rings. The molecule has 1 aromatic rings. The maximum atomic E-state index is 6.08. The number of benzene rings is 1. The Hall–Kier alpha value is -1.28. The molecule has 15 heavy (non-hydrogen) atoms. The summed E-state index contributed by atoms with van der Waals surface area (Å²) in [6.07, 6.45) is 0. The van der Waals surface area contributed by atoms with Gasteiger partial charge in [-0.05, 0) is 6.92 Å². The first-order valence-corrected chi connectivity index (χ1v) is 5.21. The Bertz CT molecular complexity index is 458. The molecule has 0 radical (unpaired) electrons. The fourth-order valence-electron chi connectivity index (χ4n) is 1.58. The van der Waals surface area contributed by atoms with Gasteiger partial charge in [-0.3, -0.25) is 0 Å². The van der Waals surface area contributed by atoms with Gasteiger partial charge in [-0.2, -0.15) is 0 Å². The second-order valence-corrected chi connectivity index (χ2v) is 4.13. The Labute approximate surface area is 94.9 Å². The molecule has 0 bridgehead atoms. The van der Waals surface area contributed by atoms with Crippen molar-refractivity contribution >= 4 is 22.5 Å². The minimum absolute atomic E-state index is 0.585. The van der Waals surface area contributed by atoms with E-state index < -0.39 is 0 Å². The molecular formula is C12H13ClN2. The van der Waals surface area contributed by atoms with Crippen molar-refractivity contribution in [3.05, 3.63) is 41.1 Å². The van der Waals surface area contributed by atoms with Crippen LogP contribution in [0.1, 0.15) is 18.1 Å². The third-order valence-electron chi connectivity index (χ3n) is 2.63. The minimum Gasteiger partial charge on any atom is -0.379 e. The van der Waals surface area contributed by atoms with Gasteiger partial charge in [0, 0.05) is 30.9 Å². The average molecular weight is 221 g/mol. The molecule has 0 saturated heterocycles. The smallest absolute Gasteiger partial charge is 0.137 e. The Balaban J connectivity index is 2.62. The number of nitrogens with zero attached hydrogens (tertiary/aromatic N) is 2. The summed E-state index contributed by atoms with van der Waals surface area (Å²) in [5, 5.41) is 0.585. The zero-order chi connectivity index (χ0) is 11.0. The molecule has 0 fully saturated rings. The molecule has 0 atom stereocenters. The van der Waals surface area contributed by atoms with Crippen molar-refractivity contribution in [2.75, 3.05) is 14.1 Å². The molecule has 78 valence electrons. The van der Waals surface area contributed by atoms with E-state index in [2.05, 4.69) is 11.1 Å². The van der Waals surface area contributed by atoms with Crippen LogP contribution in [0.15, 0.2) is 35.0 Å². The molecule has 0 unspecified atom stereocenters. The summed E-state index contributed by atoms with van der Waals surface area (Å²) in [4.78, 5) is 6.44. The largest absolute Gasteiger partial charge is 0.379 e. The molecule has 1 aromatic carbocycles. The monoisotopic (exact) mass is 220 g/mol. The summed E-state index contributed by atoms with van der Waals surface area (Å²) < 4.78 is 0. The lowest BCUT2D eigenvalue weighted by atomic mass is 10.1. The van der Waals surface area contributed by atoms with E-state index in [4.69, 9.17) is 11.6 Å². The standard InChI is InChI=1S/C12H13ClN2/c1-8(15(2)3)11-9-6-4-5-7-10(9)12(13)14-11/h4-7H,1-3H3/b11-8-. The van der Waals surface area contributed by atoms with Crippen LogP contribution in [0, 0.1) is 0 Å². The number of hydrogen-bond donors (Lipinski definition) is 0. The molecular weight excluding hydrogens is 208 g/mol. The first kappa shape index (κ1) is 10.2. The summed E-state index contributed by atoms with van der Waals surface area (Å²) in [5.74, 6) is 0. The van der Waals surface area contributed by atoms with Crippen molar-refractivity contribution < 1.29 is 0 Å². The first-order valence-electron chi connectivity index (χ1n) is 4.83. The Kier molecular flexibility index (Phi) is 2.53. The summed E-state index contributed by atoms with van der Waals surface area (Å²) in [5.41, 5.74) is 4.24. The molecule has 0 spiro atoms. The normalized spacial score (nSPS) is 17.2. The van der Waals surface area contributed by atoms with Crippen LogP contribution in [-0.2, 0) is 0 Å². The van der Waals surface area contributed by atoms with E-state index in [1.54, 1.807) is 0 Å². The van der Waals surface area contributed by atoms with Gasteiger partial charge in [-0.15, -0.1) is 0 Å². The second kappa shape index (κ2) is 3.70. The summed E-state index contributed by atoms with van der Waals surface area (Å²) in [7, 11) is 4.01. The van der Waals surface area contributed by atoms with Crippen LogP contribution in [0.25, 0.3) is 5.70 Å². The highest BCUT2D eigenvalue weighted by atomic mass is 35.5. The van der Waals surface area contributed by atoms with Crippen molar-refractivity contribution in [1.29, 1.82) is 0 Å². The molecule has 0 aliphatic carbocycles. The average Bonchev–Trinajstić information content (AvgIpc) is 2.56. The van der Waals surface area contributed by atoms with Crippen LogP contribution >= 0.6 is 11.6 Å². The Morgan fingerprint density at radius 2 is 1.80 bits per heavy atom. The van der Waals surface area contributed by atoms with E-state index in [9.17, 15) is 0 Å². The van der Waals surface area contributed by atoms with Gasteiger partial charge in [0.2, 0.25) is 0 Å². The van der Waals surface area contributed by atoms with Crippen molar-refractivity contribution in [2.24, 2.45) is 4.99 Å². The van der Waals surface area contributed by atoms with E-state index in [-0.39, 0.29) is 0 Å². The number of rotatable bonds is 1. The zero-order valence-electron chi connectivity index (χ0n) is 9.08. The number of allylic oxidation sites excluding steroid dienone is 1. The van der Waals surface area contributed by atoms with Gasteiger partial charge in [0.25, 0.3) is 0 Å². The van der Waals surface area contributed by atoms with Gasteiger partial charge in [-0.1, -0.05) is 35.9 Å². The predicted molar refractivity (Wildman–Crippen MR) is 65.1 cm³/mol. The van der Waals surface area contributed by atoms with Crippen LogP contribution < -0.4 is 0 Å². The van der Waals surface area contributed by atoms with E-state index in [0.29, 0.717) is 5.17 Å². The van der Waals surface area contributed by atoms with E-state index in [1.165, 1.54) is 0 Å². The van der Waals surface area contributed by atoms with Crippen molar-refractivity contribution in [2.45, 2.75) is 6.92 Å². The van der Waals surface area contributed by atoms with E-state index in [0.717, 1.165) is 22.5 Å². The van der Waals surface area contributed by atoms with Gasteiger partial charge in [0.1, 0.15) is 5.17 Å². The first-order chi connectivity index (χ1) is 7.11. The third-order valence-corrected chi connectivity index (χ3v) is 2.92. The Morgan fingerprint density at radius 1 is 1.20 bits per heavy atom. The summed E-state index contributed by atoms with van der Waals surface area (Å²) in [6, 6.07) is 8.03. The van der Waals surface area contributed by atoms with Gasteiger partial charge in [0.15, 0.2) is 0 Å². The van der Waals surface area contributed by atoms with E-state index >= 15 is 0 Å². The highest BCUT2D eigenvalue weighted by molar-refractivity contribution is 6.71. The lowest BCUT2D eigenvalue weighted by Gasteiger charge is -2.14. The number of halogens is 1. The molecule has 2 nitrogen and oxygen atoms in total. The zero-order valence-corrected chi connectivity index (χ0v) is 9.84. The fourth-order valence-corrected chi connectivity index (χ4v) is 1.83. The second-order valence-electron chi connectivity index (χ2n) is 3.78. The van der Waals surface area contributed by atoms with Gasteiger partial charge >= 0.3 is 0 Å². The molecule has 2 rings (SSSR count). The maximum absolute atomic E-state index is 6.08. The SMILES string of the molecule is C/C(=C1/N=C(Cl)c2ccccc21)N(C)C. The molecule has 0 saturated carbocycles. The topological polar surface area (TPSA) is 15.6 Å². The number of aliphatic imine (C=N–C) groups is 1. The van der Waals surface area contributed by atoms with Crippen LogP contribution in [-0.4, -0.2) is 24.2 Å². The summed E-state index contributed by atoms with van der Waals surface area (Å²) in [6.45, 7) is 2.05. The third kappa shape index (κ3) is 1.65. The summed E-state index contributed by atoms with van der Waals surface area (Å²) >= 11 is 6.08. The van der Waals surface area contributed by atoms with Crippen molar-refractivity contribution in [3.63, 3.8) is 0 Å². The van der Waals surface area contributed by atoms with Crippen LogP contribution in [0.2, 0.25) is 0 Å². The van der Waals surface area contributed by atoms with Gasteiger partial charge in [-0.25, -0.2) is 4.99 Å². The fraction of sp³-hybridized carbons (Fsp3) is 0.250. The van der Waals surface area contributed by atoms with Crippen LogP contribution in [0.4, 0.5) is 0 Å². The Morgan fingerprint density at radius 3 is 2.40 bits per heavy atom. The molecule has 1 heterocycles. The number of hydrogen-bond acceptors (Lipinski definition) is 2. The predicted octanol–water partition coefficient (Wildman–Crippen LogP) is 2.94. The van der Waals surface area contributed by atoms with E-state index in [1.807, 2.05) is 44.1 Å². The highest BCUT2D eigenvalue weighted by Crippen LogP contribution is 2.32. The van der Waals surface area contributed by atoms with Crippen molar-refractivity contribution in [1.82, 2.24) is 4.90 Å². The highest BCUT2D eigenvalue weighted by Gasteiger charge is 2.20. The molecule has 0 aromatic heterocycles. The molecule has 0 N–H and O–H groups in total. The van der Waals surface area contributed by atoms with Gasteiger partial charge < -0.3 is 4.90 Å². The lowest BCUT2D eigenvalue weighted by molar-refractivity contribution is 0.515. The van der Waals surface area contributed by atoms with Gasteiger partial charge in [0.05, 0.1) is 5.70 Å².